The summed E-state index contributed by atoms with van der Waals surface area (Å²) in [5.74, 6) is -4.40. The van der Waals surface area contributed by atoms with Crippen LogP contribution >= 0.6 is 0 Å². The number of carbonyl (C=O) groups excluding carboxylic acids is 3. The van der Waals surface area contributed by atoms with Gasteiger partial charge in [0.25, 0.3) is 23.3 Å². The van der Waals surface area contributed by atoms with E-state index in [0.717, 1.165) is 25.0 Å². The molecule has 0 aliphatic heterocycles. The number of carbonyl (C=O) groups is 3. The normalized spacial score (nSPS) is 10.7. The van der Waals surface area contributed by atoms with Crippen LogP contribution in [0, 0.1) is 11.6 Å². The summed E-state index contributed by atoms with van der Waals surface area (Å²) in [5.41, 5.74) is 3.52. The highest BCUT2D eigenvalue weighted by Gasteiger charge is 2.18. The lowest BCUT2D eigenvalue weighted by Gasteiger charge is -2.12. The monoisotopic (exact) mass is 471 g/mol. The third-order valence-corrected chi connectivity index (χ3v) is 4.96. The smallest absolute Gasteiger partial charge is 0.290 e. The minimum atomic E-state index is -1.07. The summed E-state index contributed by atoms with van der Waals surface area (Å²) in [4.78, 5) is 49.4. The molecule has 3 aromatic rings. The summed E-state index contributed by atoms with van der Waals surface area (Å²) in [6.07, 6.45) is 2.56. The molecule has 3 amide bonds. The van der Waals surface area contributed by atoms with Crippen molar-refractivity contribution in [2.75, 3.05) is 6.54 Å². The van der Waals surface area contributed by atoms with Gasteiger partial charge in [0.2, 0.25) is 0 Å². The van der Waals surface area contributed by atoms with E-state index < -0.39 is 41.5 Å². The Morgan fingerprint density at radius 3 is 2.41 bits per heavy atom. The molecule has 0 saturated carbocycles. The number of amides is 3. The van der Waals surface area contributed by atoms with Crippen molar-refractivity contribution in [1.29, 1.82) is 0 Å². The number of hydrazine groups is 1. The van der Waals surface area contributed by atoms with Gasteiger partial charge in [0.15, 0.2) is 5.69 Å². The molecule has 3 N–H and O–H groups in total. The van der Waals surface area contributed by atoms with Gasteiger partial charge in [0.05, 0.1) is 17.5 Å². The Balaban J connectivity index is 1.66. The van der Waals surface area contributed by atoms with Gasteiger partial charge in [-0.25, -0.2) is 13.5 Å². The van der Waals surface area contributed by atoms with Crippen LogP contribution < -0.4 is 21.7 Å². The van der Waals surface area contributed by atoms with Gasteiger partial charge in [-0.3, -0.25) is 30.0 Å². The highest BCUT2D eigenvalue weighted by Crippen LogP contribution is 2.13. The van der Waals surface area contributed by atoms with E-state index >= 15 is 0 Å². The summed E-state index contributed by atoms with van der Waals surface area (Å²) in [6, 6.07) is 8.92. The van der Waals surface area contributed by atoms with Crippen molar-refractivity contribution in [3.05, 3.63) is 75.7 Å². The molecular weight excluding hydrogens is 448 g/mol. The number of halogens is 2. The second-order valence-electron chi connectivity index (χ2n) is 7.44. The largest absolute Gasteiger partial charge is 0.343 e. The van der Waals surface area contributed by atoms with E-state index in [1.165, 1.54) is 4.68 Å². The van der Waals surface area contributed by atoms with Crippen molar-refractivity contribution in [2.45, 2.75) is 32.7 Å². The van der Waals surface area contributed by atoms with Crippen LogP contribution in [0.25, 0.3) is 10.8 Å². The van der Waals surface area contributed by atoms with Crippen LogP contribution in [0.5, 0.6) is 0 Å². The lowest BCUT2D eigenvalue weighted by atomic mass is 10.1. The van der Waals surface area contributed by atoms with E-state index in [4.69, 9.17) is 0 Å². The first-order chi connectivity index (χ1) is 16.3. The molecule has 0 aliphatic rings. The molecule has 9 nitrogen and oxygen atoms in total. The molecule has 34 heavy (non-hydrogen) atoms. The van der Waals surface area contributed by atoms with Gasteiger partial charge in [-0.1, -0.05) is 38.0 Å². The zero-order chi connectivity index (χ0) is 24.7. The van der Waals surface area contributed by atoms with Gasteiger partial charge in [-0.2, -0.15) is 5.10 Å². The van der Waals surface area contributed by atoms with Gasteiger partial charge in [-0.15, -0.1) is 0 Å². The molecule has 3 rings (SSSR count). The molecule has 11 heteroatoms. The fraction of sp³-hybridized carbons (Fsp3) is 0.261. The lowest BCUT2D eigenvalue weighted by Crippen LogP contribution is -2.47. The fourth-order valence-electron chi connectivity index (χ4n) is 3.23. The third kappa shape index (κ3) is 5.80. The number of unbranched alkanes of at least 4 members (excludes halogenated alkanes) is 2. The van der Waals surface area contributed by atoms with Crippen molar-refractivity contribution >= 4 is 28.5 Å². The van der Waals surface area contributed by atoms with Crippen LogP contribution in [0.4, 0.5) is 8.78 Å². The van der Waals surface area contributed by atoms with E-state index in [1.54, 1.807) is 24.3 Å². The SMILES string of the molecule is CCCCCn1nc(C(=O)NNC(=O)CNC(=O)c2ccc(F)cc2F)c2ccccc2c1=O. The molecule has 0 bridgehead atoms. The maximum atomic E-state index is 13.7. The zero-order valence-corrected chi connectivity index (χ0v) is 18.4. The van der Waals surface area contributed by atoms with Crippen molar-refractivity contribution in [3.8, 4) is 0 Å². The Hall–Kier alpha value is -4.15. The Labute approximate surface area is 193 Å². The van der Waals surface area contributed by atoms with Crippen molar-refractivity contribution in [2.24, 2.45) is 0 Å². The Kier molecular flexibility index (Phi) is 8.01. The van der Waals surface area contributed by atoms with Crippen LogP contribution in [0.1, 0.15) is 47.0 Å². The van der Waals surface area contributed by atoms with E-state index in [0.29, 0.717) is 29.8 Å². The first-order valence-electron chi connectivity index (χ1n) is 10.6. The number of benzene rings is 2. The topological polar surface area (TPSA) is 122 Å². The van der Waals surface area contributed by atoms with Crippen molar-refractivity contribution in [3.63, 3.8) is 0 Å². The molecule has 0 unspecified atom stereocenters. The van der Waals surface area contributed by atoms with Crippen LogP contribution in [0.3, 0.4) is 0 Å². The highest BCUT2D eigenvalue weighted by molar-refractivity contribution is 6.05. The number of fused-ring (bicyclic) bond motifs is 1. The van der Waals surface area contributed by atoms with Gasteiger partial charge in [0, 0.05) is 18.0 Å². The lowest BCUT2D eigenvalue weighted by molar-refractivity contribution is -0.120. The number of nitrogens with zero attached hydrogens (tertiary/aromatic N) is 2. The Bertz CT molecular complexity index is 1290. The van der Waals surface area contributed by atoms with Gasteiger partial charge in [0.1, 0.15) is 11.6 Å². The maximum Gasteiger partial charge on any atom is 0.290 e. The minimum Gasteiger partial charge on any atom is -0.343 e. The summed E-state index contributed by atoms with van der Waals surface area (Å²) >= 11 is 0. The molecule has 0 saturated heterocycles. The summed E-state index contributed by atoms with van der Waals surface area (Å²) in [7, 11) is 0. The summed E-state index contributed by atoms with van der Waals surface area (Å²) in [6.45, 7) is 1.79. The van der Waals surface area contributed by atoms with Crippen molar-refractivity contribution in [1.82, 2.24) is 25.9 Å². The molecule has 1 heterocycles. The van der Waals surface area contributed by atoms with E-state index in [2.05, 4.69) is 21.3 Å². The minimum absolute atomic E-state index is 0.0515. The van der Waals surface area contributed by atoms with Crippen LogP contribution in [-0.4, -0.2) is 34.0 Å². The Morgan fingerprint density at radius 2 is 1.71 bits per heavy atom. The molecule has 2 aromatic carbocycles. The number of hydrogen-bond donors (Lipinski definition) is 3. The Morgan fingerprint density at radius 1 is 0.971 bits per heavy atom. The van der Waals surface area contributed by atoms with E-state index in [1.807, 2.05) is 6.92 Å². The molecule has 0 radical (unpaired) electrons. The quantitative estimate of drug-likeness (QED) is 0.343. The van der Waals surface area contributed by atoms with Gasteiger partial charge < -0.3 is 5.32 Å². The average molecular weight is 471 g/mol. The number of aromatic nitrogens is 2. The van der Waals surface area contributed by atoms with Crippen LogP contribution in [-0.2, 0) is 11.3 Å². The highest BCUT2D eigenvalue weighted by atomic mass is 19.1. The number of aryl methyl sites for hydroxylation is 1. The molecule has 0 spiro atoms. The second kappa shape index (κ2) is 11.1. The first-order valence-corrected chi connectivity index (χ1v) is 10.6. The number of rotatable bonds is 8. The maximum absolute atomic E-state index is 13.7. The van der Waals surface area contributed by atoms with Gasteiger partial charge >= 0.3 is 0 Å². The molecule has 178 valence electrons. The second-order valence-corrected chi connectivity index (χ2v) is 7.44. The molecular formula is C23H23F2N5O4. The average Bonchev–Trinajstić information content (AvgIpc) is 2.82. The van der Waals surface area contributed by atoms with Gasteiger partial charge in [-0.05, 0) is 24.6 Å². The predicted octanol–water partition coefficient (Wildman–Crippen LogP) is 2.06. The fourth-order valence-corrected chi connectivity index (χ4v) is 3.23. The summed E-state index contributed by atoms with van der Waals surface area (Å²) in [5, 5.41) is 6.99. The van der Waals surface area contributed by atoms with E-state index in [-0.39, 0.29) is 11.3 Å². The van der Waals surface area contributed by atoms with Crippen LogP contribution in [0.2, 0.25) is 0 Å². The third-order valence-electron chi connectivity index (χ3n) is 4.96. The molecule has 0 fully saturated rings. The number of nitrogens with one attached hydrogen (secondary N) is 3. The van der Waals surface area contributed by atoms with Crippen LogP contribution in [0.15, 0.2) is 47.3 Å². The standard InChI is InChI=1S/C23H23F2N5O4/c1-2-3-6-11-30-23(34)16-8-5-4-7-15(16)20(29-30)22(33)28-27-19(31)13-26-21(32)17-10-9-14(24)12-18(17)25/h4-5,7-10,12H,2-3,6,11,13H2,1H3,(H,26,32)(H,27,31)(H,28,33). The predicted molar refractivity (Wildman–Crippen MR) is 120 cm³/mol. The first kappa shape index (κ1) is 24.5. The zero-order valence-electron chi connectivity index (χ0n) is 18.4. The van der Waals surface area contributed by atoms with E-state index in [9.17, 15) is 28.0 Å². The summed E-state index contributed by atoms with van der Waals surface area (Å²) < 4.78 is 27.9. The molecule has 0 atom stereocenters. The number of hydrogen-bond acceptors (Lipinski definition) is 5. The molecule has 1 aromatic heterocycles. The van der Waals surface area contributed by atoms with Crippen molar-refractivity contribution < 1.29 is 23.2 Å². The molecule has 0 aliphatic carbocycles.